The Hall–Kier alpha value is -3.15. The van der Waals surface area contributed by atoms with E-state index in [4.69, 9.17) is 9.26 Å². The van der Waals surface area contributed by atoms with Gasteiger partial charge in [0, 0.05) is 17.2 Å². The number of nitrogens with zero attached hydrogens (tertiary/aromatic N) is 3. The second-order valence-corrected chi connectivity index (χ2v) is 7.10. The molecular weight excluding hydrogens is 354 g/mol. The molecule has 0 N–H and O–H groups in total. The predicted octanol–water partition coefficient (Wildman–Crippen LogP) is 4.57. The SMILES string of the molecule is CC(C)Oc1ccc(C(=O)N(Cc2nc(-c3ccccc3)no2)C(C)C)cc1. The van der Waals surface area contributed by atoms with Gasteiger partial charge in [0.1, 0.15) is 12.3 Å². The number of ether oxygens (including phenoxy) is 1. The highest BCUT2D eigenvalue weighted by Crippen LogP contribution is 2.19. The number of amides is 1. The Kier molecular flexibility index (Phi) is 6.09. The van der Waals surface area contributed by atoms with Crippen LogP contribution in [0.15, 0.2) is 59.1 Å². The fourth-order valence-electron chi connectivity index (χ4n) is 2.77. The van der Waals surface area contributed by atoms with Gasteiger partial charge < -0.3 is 14.2 Å². The molecule has 146 valence electrons. The standard InChI is InChI=1S/C22H25N3O3/c1-15(2)25(22(26)18-10-12-19(13-11-18)27-16(3)4)14-20-23-21(24-28-20)17-8-6-5-7-9-17/h5-13,15-16H,14H2,1-4H3. The quantitative estimate of drug-likeness (QED) is 0.601. The van der Waals surface area contributed by atoms with E-state index < -0.39 is 0 Å². The molecule has 1 amide bonds. The number of carbonyl (C=O) groups is 1. The van der Waals surface area contributed by atoms with Crippen molar-refractivity contribution in [2.75, 3.05) is 0 Å². The summed E-state index contributed by atoms with van der Waals surface area (Å²) in [7, 11) is 0. The summed E-state index contributed by atoms with van der Waals surface area (Å²) in [5.41, 5.74) is 1.47. The summed E-state index contributed by atoms with van der Waals surface area (Å²) in [5, 5.41) is 4.03. The van der Waals surface area contributed by atoms with Gasteiger partial charge in [0.25, 0.3) is 5.91 Å². The first-order valence-electron chi connectivity index (χ1n) is 9.39. The number of aromatic nitrogens is 2. The van der Waals surface area contributed by atoms with E-state index in [0.29, 0.717) is 17.3 Å². The van der Waals surface area contributed by atoms with E-state index in [1.165, 1.54) is 0 Å². The second-order valence-electron chi connectivity index (χ2n) is 7.10. The minimum absolute atomic E-state index is 0.0221. The van der Waals surface area contributed by atoms with Crippen LogP contribution in [0, 0.1) is 0 Å². The molecule has 0 aliphatic rings. The maximum absolute atomic E-state index is 13.0. The van der Waals surface area contributed by atoms with Crippen molar-refractivity contribution in [2.45, 2.75) is 46.4 Å². The number of carbonyl (C=O) groups excluding carboxylic acids is 1. The number of hydrogen-bond donors (Lipinski definition) is 0. The molecule has 0 bridgehead atoms. The molecule has 0 saturated heterocycles. The van der Waals surface area contributed by atoms with Gasteiger partial charge in [-0.25, -0.2) is 0 Å². The molecule has 0 saturated carbocycles. The van der Waals surface area contributed by atoms with Gasteiger partial charge in [0.05, 0.1) is 6.10 Å². The Morgan fingerprint density at radius 2 is 1.71 bits per heavy atom. The van der Waals surface area contributed by atoms with E-state index in [2.05, 4.69) is 10.1 Å². The lowest BCUT2D eigenvalue weighted by Crippen LogP contribution is -2.36. The molecule has 6 heteroatoms. The van der Waals surface area contributed by atoms with Crippen LogP contribution in [-0.2, 0) is 6.54 Å². The maximum atomic E-state index is 13.0. The molecule has 0 spiro atoms. The first kappa shape index (κ1) is 19.6. The van der Waals surface area contributed by atoms with Crippen molar-refractivity contribution in [3.05, 3.63) is 66.1 Å². The highest BCUT2D eigenvalue weighted by molar-refractivity contribution is 5.94. The summed E-state index contributed by atoms with van der Waals surface area (Å²) >= 11 is 0. The smallest absolute Gasteiger partial charge is 0.254 e. The third kappa shape index (κ3) is 4.76. The zero-order chi connectivity index (χ0) is 20.1. The van der Waals surface area contributed by atoms with Crippen LogP contribution >= 0.6 is 0 Å². The molecule has 0 atom stereocenters. The van der Waals surface area contributed by atoms with E-state index in [9.17, 15) is 4.79 Å². The van der Waals surface area contributed by atoms with Gasteiger partial charge in [0.2, 0.25) is 11.7 Å². The van der Waals surface area contributed by atoms with E-state index in [-0.39, 0.29) is 24.6 Å². The molecular formula is C22H25N3O3. The van der Waals surface area contributed by atoms with Crippen molar-refractivity contribution < 1.29 is 14.1 Å². The van der Waals surface area contributed by atoms with Crippen molar-refractivity contribution in [1.82, 2.24) is 15.0 Å². The average molecular weight is 379 g/mol. The fraction of sp³-hybridized carbons (Fsp3) is 0.318. The van der Waals surface area contributed by atoms with Gasteiger partial charge in [0.15, 0.2) is 0 Å². The van der Waals surface area contributed by atoms with Crippen LogP contribution in [0.5, 0.6) is 5.75 Å². The lowest BCUT2D eigenvalue weighted by molar-refractivity contribution is 0.0667. The molecule has 0 radical (unpaired) electrons. The molecule has 6 nitrogen and oxygen atoms in total. The van der Waals surface area contributed by atoms with Crippen LogP contribution in [0.4, 0.5) is 0 Å². The number of rotatable bonds is 7. The van der Waals surface area contributed by atoms with Gasteiger partial charge >= 0.3 is 0 Å². The van der Waals surface area contributed by atoms with E-state index >= 15 is 0 Å². The predicted molar refractivity (Wildman–Crippen MR) is 107 cm³/mol. The molecule has 2 aromatic carbocycles. The molecule has 1 aromatic heterocycles. The average Bonchev–Trinajstić information content (AvgIpc) is 3.15. The first-order chi connectivity index (χ1) is 13.4. The summed E-state index contributed by atoms with van der Waals surface area (Å²) in [5.74, 6) is 1.57. The molecule has 0 aliphatic heterocycles. The molecule has 0 unspecified atom stereocenters. The lowest BCUT2D eigenvalue weighted by atomic mass is 10.1. The lowest BCUT2D eigenvalue weighted by Gasteiger charge is -2.25. The Balaban J connectivity index is 1.75. The normalized spacial score (nSPS) is 11.1. The third-order valence-electron chi connectivity index (χ3n) is 4.16. The minimum atomic E-state index is -0.0921. The van der Waals surface area contributed by atoms with Crippen molar-refractivity contribution in [3.8, 4) is 17.1 Å². The van der Waals surface area contributed by atoms with Gasteiger partial charge in [-0.2, -0.15) is 4.98 Å². The third-order valence-corrected chi connectivity index (χ3v) is 4.16. The number of benzene rings is 2. The summed E-state index contributed by atoms with van der Waals surface area (Å²) in [6.07, 6.45) is 0.0880. The molecule has 3 rings (SSSR count). The fourth-order valence-corrected chi connectivity index (χ4v) is 2.77. The number of hydrogen-bond acceptors (Lipinski definition) is 5. The summed E-state index contributed by atoms with van der Waals surface area (Å²) < 4.78 is 11.0. The topological polar surface area (TPSA) is 68.5 Å². The highest BCUT2D eigenvalue weighted by atomic mass is 16.5. The van der Waals surface area contributed by atoms with Crippen LogP contribution in [0.3, 0.4) is 0 Å². The molecule has 1 heterocycles. The van der Waals surface area contributed by atoms with Crippen molar-refractivity contribution in [3.63, 3.8) is 0 Å². The van der Waals surface area contributed by atoms with E-state index in [1.807, 2.05) is 70.2 Å². The Labute approximate surface area is 165 Å². The van der Waals surface area contributed by atoms with Crippen molar-refractivity contribution in [2.24, 2.45) is 0 Å². The van der Waals surface area contributed by atoms with Gasteiger partial charge in [-0.15, -0.1) is 0 Å². The van der Waals surface area contributed by atoms with Gasteiger partial charge in [-0.3, -0.25) is 4.79 Å². The van der Waals surface area contributed by atoms with E-state index in [1.54, 1.807) is 17.0 Å². The van der Waals surface area contributed by atoms with Crippen LogP contribution in [0.25, 0.3) is 11.4 Å². The Morgan fingerprint density at radius 3 is 2.32 bits per heavy atom. The van der Waals surface area contributed by atoms with Crippen LogP contribution in [0.1, 0.15) is 43.9 Å². The summed E-state index contributed by atoms with van der Waals surface area (Å²) in [6.45, 7) is 8.10. The Morgan fingerprint density at radius 1 is 1.04 bits per heavy atom. The maximum Gasteiger partial charge on any atom is 0.254 e. The monoisotopic (exact) mass is 379 g/mol. The zero-order valence-electron chi connectivity index (χ0n) is 16.6. The van der Waals surface area contributed by atoms with Crippen LogP contribution in [-0.4, -0.2) is 33.1 Å². The van der Waals surface area contributed by atoms with E-state index in [0.717, 1.165) is 11.3 Å². The Bertz CT molecular complexity index is 902. The molecule has 28 heavy (non-hydrogen) atoms. The second kappa shape index (κ2) is 8.69. The van der Waals surface area contributed by atoms with Crippen LogP contribution < -0.4 is 4.74 Å². The van der Waals surface area contributed by atoms with Crippen molar-refractivity contribution >= 4 is 5.91 Å². The molecule has 0 aliphatic carbocycles. The molecule has 0 fully saturated rings. The largest absolute Gasteiger partial charge is 0.491 e. The van der Waals surface area contributed by atoms with Crippen LogP contribution in [0.2, 0.25) is 0 Å². The highest BCUT2D eigenvalue weighted by Gasteiger charge is 2.22. The van der Waals surface area contributed by atoms with Gasteiger partial charge in [-0.05, 0) is 52.0 Å². The van der Waals surface area contributed by atoms with Crippen molar-refractivity contribution in [1.29, 1.82) is 0 Å². The summed E-state index contributed by atoms with van der Waals surface area (Å²) in [6, 6.07) is 16.8. The first-order valence-corrected chi connectivity index (χ1v) is 9.39. The van der Waals surface area contributed by atoms with Gasteiger partial charge in [-0.1, -0.05) is 35.5 Å². The molecule has 3 aromatic rings. The summed E-state index contributed by atoms with van der Waals surface area (Å²) in [4.78, 5) is 19.1. The zero-order valence-corrected chi connectivity index (χ0v) is 16.6. The minimum Gasteiger partial charge on any atom is -0.491 e.